The first-order valence-electron chi connectivity index (χ1n) is 9.31. The minimum absolute atomic E-state index is 0.315. The van der Waals surface area contributed by atoms with Gasteiger partial charge in [0.2, 0.25) is 0 Å². The van der Waals surface area contributed by atoms with Gasteiger partial charge in [0.05, 0.1) is 23.8 Å². The lowest BCUT2D eigenvalue weighted by Crippen LogP contribution is -2.18. The quantitative estimate of drug-likeness (QED) is 0.498. The van der Waals surface area contributed by atoms with Gasteiger partial charge in [-0.05, 0) is 38.0 Å². The summed E-state index contributed by atoms with van der Waals surface area (Å²) >= 11 is 1.44. The van der Waals surface area contributed by atoms with E-state index in [1.807, 2.05) is 50.2 Å². The van der Waals surface area contributed by atoms with Crippen molar-refractivity contribution in [2.75, 3.05) is 18.9 Å². The number of likely N-dealkylation sites (N-methyl/N-ethyl adjacent to an activating group) is 1. The van der Waals surface area contributed by atoms with E-state index < -0.39 is 0 Å². The highest BCUT2D eigenvalue weighted by Gasteiger charge is 2.18. The molecule has 4 heterocycles. The first kappa shape index (κ1) is 18.6. The van der Waals surface area contributed by atoms with Gasteiger partial charge in [0.25, 0.3) is 0 Å². The van der Waals surface area contributed by atoms with Crippen LogP contribution < -0.4 is 10.6 Å². The van der Waals surface area contributed by atoms with Crippen molar-refractivity contribution in [3.8, 4) is 11.1 Å². The van der Waals surface area contributed by atoms with Crippen molar-refractivity contribution in [2.24, 2.45) is 7.05 Å². The van der Waals surface area contributed by atoms with E-state index in [4.69, 9.17) is 4.98 Å². The van der Waals surface area contributed by atoms with Gasteiger partial charge in [0, 0.05) is 42.9 Å². The number of anilines is 2. The lowest BCUT2D eigenvalue weighted by molar-refractivity contribution is 0.597. The van der Waals surface area contributed by atoms with Gasteiger partial charge in [-0.3, -0.25) is 4.68 Å². The molecule has 0 aromatic carbocycles. The number of rotatable bonds is 7. The normalized spacial score (nSPS) is 12.6. The zero-order valence-corrected chi connectivity index (χ0v) is 17.3. The van der Waals surface area contributed by atoms with Crippen LogP contribution in [-0.2, 0) is 7.05 Å². The first-order valence-corrected chi connectivity index (χ1v) is 10.1. The fraction of sp³-hybridized carbons (Fsp3) is 0.368. The Kier molecular flexibility index (Phi) is 5.10. The summed E-state index contributed by atoms with van der Waals surface area (Å²) in [5, 5.41) is 16.6. The maximum Gasteiger partial charge on any atom is 0.165 e. The minimum Gasteiger partial charge on any atom is -0.331 e. The largest absolute Gasteiger partial charge is 0.331 e. The van der Waals surface area contributed by atoms with E-state index in [1.165, 1.54) is 11.5 Å². The van der Waals surface area contributed by atoms with E-state index in [2.05, 4.69) is 38.2 Å². The van der Waals surface area contributed by atoms with E-state index in [1.54, 1.807) is 4.68 Å². The Morgan fingerprint density at radius 1 is 1.21 bits per heavy atom. The molecule has 0 aliphatic heterocycles. The van der Waals surface area contributed by atoms with Crippen LogP contribution in [0.15, 0.2) is 30.7 Å². The molecule has 1 atom stereocenters. The Labute approximate surface area is 167 Å². The minimum atomic E-state index is 0.315. The molecule has 4 aromatic rings. The fourth-order valence-corrected chi connectivity index (χ4v) is 3.97. The molecule has 0 saturated heterocycles. The molecule has 0 amide bonds. The number of nitrogens with zero attached hydrogens (tertiary/aromatic N) is 6. The average molecular weight is 397 g/mol. The number of aryl methyl sites for hydroxylation is 2. The molecule has 0 radical (unpaired) electrons. The molecule has 0 saturated carbocycles. The van der Waals surface area contributed by atoms with Gasteiger partial charge in [0.1, 0.15) is 10.8 Å². The molecule has 0 aliphatic carbocycles. The molecule has 8 nitrogen and oxygen atoms in total. The van der Waals surface area contributed by atoms with Crippen LogP contribution in [0.25, 0.3) is 16.8 Å². The van der Waals surface area contributed by atoms with Gasteiger partial charge >= 0.3 is 0 Å². The summed E-state index contributed by atoms with van der Waals surface area (Å²) in [7, 11) is 3.88. The van der Waals surface area contributed by atoms with Crippen molar-refractivity contribution >= 4 is 28.0 Å². The number of fused-ring (bicyclic) bond motifs is 1. The van der Waals surface area contributed by atoms with Crippen LogP contribution in [0.1, 0.15) is 30.7 Å². The predicted octanol–water partition coefficient (Wildman–Crippen LogP) is 3.35. The summed E-state index contributed by atoms with van der Waals surface area (Å²) in [5.41, 5.74) is 4.83. The molecule has 0 spiro atoms. The zero-order chi connectivity index (χ0) is 19.7. The highest BCUT2D eigenvalue weighted by molar-refractivity contribution is 7.10. The van der Waals surface area contributed by atoms with E-state index in [9.17, 15) is 0 Å². The summed E-state index contributed by atoms with van der Waals surface area (Å²) in [6.45, 7) is 5.05. The molecule has 1 unspecified atom stereocenters. The van der Waals surface area contributed by atoms with Gasteiger partial charge in [-0.2, -0.15) is 19.1 Å². The summed E-state index contributed by atoms with van der Waals surface area (Å²) in [4.78, 5) is 4.99. The predicted molar refractivity (Wildman–Crippen MR) is 112 cm³/mol. The van der Waals surface area contributed by atoms with Gasteiger partial charge in [-0.1, -0.05) is 6.92 Å². The molecular weight excluding hydrogens is 372 g/mol. The smallest absolute Gasteiger partial charge is 0.165 e. The average Bonchev–Trinajstić information content (AvgIpc) is 3.39. The standard InChI is InChI=1S/C19H24N8S/c1-5-13(8-20-3)16-7-17(24-18-6-12(2)25-28-18)27-19(23-16)15(10-22-27)14-9-21-26(4)11-14/h6-7,9-11,13,20,24H,5,8H2,1-4H3. The molecule has 4 aromatic heterocycles. The fourth-order valence-electron chi connectivity index (χ4n) is 3.30. The molecule has 28 heavy (non-hydrogen) atoms. The Bertz CT molecular complexity index is 1090. The second-order valence-corrected chi connectivity index (χ2v) is 7.69. The van der Waals surface area contributed by atoms with Crippen molar-refractivity contribution in [1.82, 2.24) is 34.1 Å². The number of nitrogens with one attached hydrogen (secondary N) is 2. The highest BCUT2D eigenvalue weighted by atomic mass is 32.1. The van der Waals surface area contributed by atoms with Crippen LogP contribution in [0.3, 0.4) is 0 Å². The Balaban J connectivity index is 1.86. The topological polar surface area (TPSA) is 85.0 Å². The van der Waals surface area contributed by atoms with E-state index in [0.717, 1.165) is 51.9 Å². The van der Waals surface area contributed by atoms with Gasteiger partial charge in [-0.25, -0.2) is 4.98 Å². The lowest BCUT2D eigenvalue weighted by Gasteiger charge is -2.16. The van der Waals surface area contributed by atoms with E-state index >= 15 is 0 Å². The number of hydrogen-bond acceptors (Lipinski definition) is 7. The van der Waals surface area contributed by atoms with Crippen molar-refractivity contribution in [1.29, 1.82) is 0 Å². The number of aromatic nitrogens is 6. The molecule has 4 rings (SSSR count). The maximum absolute atomic E-state index is 4.99. The van der Waals surface area contributed by atoms with Gasteiger partial charge in [0.15, 0.2) is 5.65 Å². The SMILES string of the molecule is CCC(CNC)c1cc(Nc2cc(C)ns2)n2ncc(-c3cnn(C)c3)c2n1. The van der Waals surface area contributed by atoms with Crippen molar-refractivity contribution in [2.45, 2.75) is 26.2 Å². The lowest BCUT2D eigenvalue weighted by atomic mass is 10.0. The van der Waals surface area contributed by atoms with Crippen LogP contribution in [0.5, 0.6) is 0 Å². The van der Waals surface area contributed by atoms with E-state index in [-0.39, 0.29) is 0 Å². The maximum atomic E-state index is 4.99. The summed E-state index contributed by atoms with van der Waals surface area (Å²) in [6.07, 6.45) is 6.68. The van der Waals surface area contributed by atoms with Crippen LogP contribution >= 0.6 is 11.5 Å². The molecule has 9 heteroatoms. The Morgan fingerprint density at radius 2 is 2.07 bits per heavy atom. The monoisotopic (exact) mass is 396 g/mol. The molecule has 0 fully saturated rings. The van der Waals surface area contributed by atoms with Crippen LogP contribution in [0.4, 0.5) is 10.8 Å². The summed E-state index contributed by atoms with van der Waals surface area (Å²) < 4.78 is 8.01. The molecule has 146 valence electrons. The van der Waals surface area contributed by atoms with Crippen LogP contribution in [0.2, 0.25) is 0 Å². The Hall–Kier alpha value is -2.78. The molecule has 0 aliphatic rings. The first-order chi connectivity index (χ1) is 13.6. The second kappa shape index (κ2) is 7.69. The second-order valence-electron chi connectivity index (χ2n) is 6.88. The third-order valence-corrected chi connectivity index (χ3v) is 5.54. The van der Waals surface area contributed by atoms with Crippen molar-refractivity contribution in [3.05, 3.63) is 42.1 Å². The number of hydrogen-bond donors (Lipinski definition) is 2. The summed E-state index contributed by atoms with van der Waals surface area (Å²) in [6, 6.07) is 4.13. The van der Waals surface area contributed by atoms with Crippen molar-refractivity contribution in [3.63, 3.8) is 0 Å². The van der Waals surface area contributed by atoms with Crippen molar-refractivity contribution < 1.29 is 0 Å². The molecule has 0 bridgehead atoms. The molecule has 2 N–H and O–H groups in total. The highest BCUT2D eigenvalue weighted by Crippen LogP contribution is 2.30. The van der Waals surface area contributed by atoms with Crippen LogP contribution in [0, 0.1) is 6.92 Å². The summed E-state index contributed by atoms with van der Waals surface area (Å²) in [5.74, 6) is 1.20. The molecular formula is C19H24N8S. The third kappa shape index (κ3) is 3.50. The third-order valence-electron chi connectivity index (χ3n) is 4.75. The van der Waals surface area contributed by atoms with E-state index in [0.29, 0.717) is 5.92 Å². The van der Waals surface area contributed by atoms with Crippen LogP contribution in [-0.4, -0.2) is 42.3 Å². The van der Waals surface area contributed by atoms with Gasteiger partial charge < -0.3 is 10.6 Å². The van der Waals surface area contributed by atoms with Gasteiger partial charge in [-0.15, -0.1) is 0 Å². The zero-order valence-electron chi connectivity index (χ0n) is 16.5. The Morgan fingerprint density at radius 3 is 2.71 bits per heavy atom.